The zero-order valence-electron chi connectivity index (χ0n) is 13.8. The van der Waals surface area contributed by atoms with E-state index in [2.05, 4.69) is 15.9 Å². The maximum Gasteiger partial charge on any atom is 0.336 e. The molecule has 0 aromatic heterocycles. The molecule has 2 aromatic carbocycles. The highest BCUT2D eigenvalue weighted by molar-refractivity contribution is 9.10. The lowest BCUT2D eigenvalue weighted by molar-refractivity contribution is 0.0699. The lowest BCUT2D eigenvalue weighted by Gasteiger charge is -2.04. The smallest absolute Gasteiger partial charge is 0.336 e. The Hall–Kier alpha value is -2.91. The van der Waals surface area contributed by atoms with Crippen molar-refractivity contribution in [2.75, 3.05) is 0 Å². The van der Waals surface area contributed by atoms with Gasteiger partial charge in [0.15, 0.2) is 0 Å². The van der Waals surface area contributed by atoms with Gasteiger partial charge in [0.2, 0.25) is 0 Å². The summed E-state index contributed by atoms with van der Waals surface area (Å²) in [6, 6.07) is 27.6. The van der Waals surface area contributed by atoms with Gasteiger partial charge in [0.1, 0.15) is 0 Å². The Balaban J connectivity index is 1.94. The minimum atomic E-state index is -0.918. The SMILES string of the molecule is O=C(O)c1c2ccc(-c3ccccc3)ccc-2cc1-c1ccccc1Br. The molecule has 2 aliphatic carbocycles. The van der Waals surface area contributed by atoms with Crippen LogP contribution in [0.1, 0.15) is 10.4 Å². The summed E-state index contributed by atoms with van der Waals surface area (Å²) in [5.74, 6) is -0.918. The number of halogens is 1. The molecule has 126 valence electrons. The maximum absolute atomic E-state index is 12.0. The maximum atomic E-state index is 12.0. The van der Waals surface area contributed by atoms with Gasteiger partial charge in [-0.3, -0.25) is 0 Å². The number of aromatic carboxylic acids is 1. The molecule has 1 N–H and O–H groups in total. The number of carbonyl (C=O) groups is 1. The van der Waals surface area contributed by atoms with Crippen LogP contribution in [0.5, 0.6) is 0 Å². The van der Waals surface area contributed by atoms with Gasteiger partial charge in [-0.25, -0.2) is 4.79 Å². The van der Waals surface area contributed by atoms with Crippen molar-refractivity contribution in [2.45, 2.75) is 0 Å². The molecule has 2 aliphatic rings. The van der Waals surface area contributed by atoms with E-state index in [0.717, 1.165) is 37.9 Å². The third kappa shape index (κ3) is 2.91. The fourth-order valence-electron chi connectivity index (χ4n) is 3.27. The lowest BCUT2D eigenvalue weighted by Crippen LogP contribution is -1.98. The van der Waals surface area contributed by atoms with Gasteiger partial charge in [0.05, 0.1) is 5.56 Å². The fourth-order valence-corrected chi connectivity index (χ4v) is 3.76. The van der Waals surface area contributed by atoms with Crippen molar-refractivity contribution >= 4 is 21.9 Å². The molecule has 2 aromatic rings. The molecule has 2 nitrogen and oxygen atoms in total. The summed E-state index contributed by atoms with van der Waals surface area (Å²) in [4.78, 5) is 12.0. The van der Waals surface area contributed by atoms with Crippen LogP contribution in [-0.2, 0) is 0 Å². The quantitative estimate of drug-likeness (QED) is 0.419. The van der Waals surface area contributed by atoms with Crippen LogP contribution in [0.4, 0.5) is 0 Å². The zero-order chi connectivity index (χ0) is 18.1. The van der Waals surface area contributed by atoms with Gasteiger partial charge in [-0.05, 0) is 45.5 Å². The number of rotatable bonds is 3. The van der Waals surface area contributed by atoms with Crippen LogP contribution < -0.4 is 0 Å². The van der Waals surface area contributed by atoms with Gasteiger partial charge in [0.25, 0.3) is 0 Å². The molecule has 0 aliphatic heterocycles. The van der Waals surface area contributed by atoms with Crippen molar-refractivity contribution in [3.05, 3.63) is 95.0 Å². The molecule has 3 heteroatoms. The first-order chi connectivity index (χ1) is 12.6. The summed E-state index contributed by atoms with van der Waals surface area (Å²) in [5, 5.41) is 9.86. The van der Waals surface area contributed by atoms with Gasteiger partial charge in [-0.15, -0.1) is 0 Å². The Kier molecular flexibility index (Phi) is 4.31. The van der Waals surface area contributed by atoms with Crippen molar-refractivity contribution in [2.24, 2.45) is 0 Å². The highest BCUT2D eigenvalue weighted by Crippen LogP contribution is 2.40. The third-order valence-corrected chi connectivity index (χ3v) is 5.20. The molecule has 26 heavy (non-hydrogen) atoms. The summed E-state index contributed by atoms with van der Waals surface area (Å²) in [5.41, 5.74) is 5.76. The van der Waals surface area contributed by atoms with E-state index in [9.17, 15) is 9.90 Å². The van der Waals surface area contributed by atoms with Crippen molar-refractivity contribution in [1.29, 1.82) is 0 Å². The van der Waals surface area contributed by atoms with Crippen molar-refractivity contribution in [1.82, 2.24) is 0 Å². The Morgan fingerprint density at radius 3 is 2.00 bits per heavy atom. The molecular weight excluding hydrogens is 388 g/mol. The number of hydrogen-bond acceptors (Lipinski definition) is 1. The van der Waals surface area contributed by atoms with E-state index < -0.39 is 5.97 Å². The van der Waals surface area contributed by atoms with Crippen LogP contribution in [0.15, 0.2) is 89.4 Å². The monoisotopic (exact) mass is 402 g/mol. The molecule has 0 heterocycles. The Bertz CT molecular complexity index is 1070. The largest absolute Gasteiger partial charge is 0.478 e. The topological polar surface area (TPSA) is 37.3 Å². The fraction of sp³-hybridized carbons (Fsp3) is 0. The van der Waals surface area contributed by atoms with E-state index in [1.807, 2.05) is 84.9 Å². The molecule has 0 bridgehead atoms. The number of carboxylic acids is 1. The van der Waals surface area contributed by atoms with Crippen molar-refractivity contribution in [3.8, 4) is 33.4 Å². The molecule has 0 atom stereocenters. The number of hydrogen-bond donors (Lipinski definition) is 1. The first-order valence-corrected chi connectivity index (χ1v) is 9.05. The molecule has 0 radical (unpaired) electrons. The first kappa shape index (κ1) is 16.6. The predicted molar refractivity (Wildman–Crippen MR) is 109 cm³/mol. The van der Waals surface area contributed by atoms with Gasteiger partial charge >= 0.3 is 5.97 Å². The average Bonchev–Trinajstić information content (AvgIpc) is 2.89. The van der Waals surface area contributed by atoms with Crippen molar-refractivity contribution in [3.63, 3.8) is 0 Å². The number of fused-ring (bicyclic) bond motifs is 1. The molecule has 0 fully saturated rings. The molecule has 0 amide bonds. The zero-order valence-corrected chi connectivity index (χ0v) is 15.4. The minimum absolute atomic E-state index is 0.335. The van der Waals surface area contributed by atoms with Crippen molar-refractivity contribution < 1.29 is 9.90 Å². The summed E-state index contributed by atoms with van der Waals surface area (Å²) in [7, 11) is 0. The summed E-state index contributed by atoms with van der Waals surface area (Å²) >= 11 is 3.53. The van der Waals surface area contributed by atoms with E-state index in [1.54, 1.807) is 0 Å². The number of carboxylic acid groups (broad SMARTS) is 1. The predicted octanol–water partition coefficient (Wildman–Crippen LogP) is 6.59. The molecular formula is C23H15BrO2. The van der Waals surface area contributed by atoms with E-state index >= 15 is 0 Å². The van der Waals surface area contributed by atoms with E-state index in [4.69, 9.17) is 0 Å². The Labute approximate surface area is 160 Å². The van der Waals surface area contributed by atoms with Crippen LogP contribution in [-0.4, -0.2) is 11.1 Å². The normalized spacial score (nSPS) is 10.8. The second kappa shape index (κ2) is 6.77. The van der Waals surface area contributed by atoms with Gasteiger partial charge in [0, 0.05) is 4.47 Å². The first-order valence-electron chi connectivity index (χ1n) is 8.25. The third-order valence-electron chi connectivity index (χ3n) is 4.51. The molecule has 4 rings (SSSR count). The minimum Gasteiger partial charge on any atom is -0.478 e. The van der Waals surface area contributed by atoms with Crippen LogP contribution >= 0.6 is 15.9 Å². The highest BCUT2D eigenvalue weighted by atomic mass is 79.9. The second-order valence-corrected chi connectivity index (χ2v) is 6.93. The van der Waals surface area contributed by atoms with Gasteiger partial charge in [-0.1, -0.05) is 88.7 Å². The lowest BCUT2D eigenvalue weighted by atomic mass is 10.0. The van der Waals surface area contributed by atoms with Gasteiger partial charge < -0.3 is 5.11 Å². The summed E-state index contributed by atoms with van der Waals surface area (Å²) < 4.78 is 0.882. The van der Waals surface area contributed by atoms with Gasteiger partial charge in [-0.2, -0.15) is 0 Å². The second-order valence-electron chi connectivity index (χ2n) is 6.08. The highest BCUT2D eigenvalue weighted by Gasteiger charge is 2.22. The van der Waals surface area contributed by atoms with E-state index in [-0.39, 0.29) is 0 Å². The summed E-state index contributed by atoms with van der Waals surface area (Å²) in [6.45, 7) is 0. The van der Waals surface area contributed by atoms with Crippen LogP contribution in [0, 0.1) is 0 Å². The van der Waals surface area contributed by atoms with Crippen LogP contribution in [0.3, 0.4) is 0 Å². The molecule has 0 unspecified atom stereocenters. The molecule has 0 spiro atoms. The Morgan fingerprint density at radius 1 is 0.654 bits per heavy atom. The number of benzene rings is 2. The summed E-state index contributed by atoms with van der Waals surface area (Å²) in [6.07, 6.45) is 0. The van der Waals surface area contributed by atoms with E-state index in [1.165, 1.54) is 0 Å². The average molecular weight is 403 g/mol. The van der Waals surface area contributed by atoms with Crippen LogP contribution in [0.25, 0.3) is 33.4 Å². The van der Waals surface area contributed by atoms with E-state index in [0.29, 0.717) is 5.56 Å². The van der Waals surface area contributed by atoms with Crippen LogP contribution in [0.2, 0.25) is 0 Å². The standard InChI is InChI=1S/C23H15BrO2/c24-21-9-5-4-8-19(21)20-14-17-11-10-16(15-6-2-1-3-7-15)12-13-18(17)22(20)23(25)26/h1-14H,(H,25,26). The Morgan fingerprint density at radius 2 is 1.27 bits per heavy atom. The molecule has 0 saturated heterocycles. The molecule has 0 saturated carbocycles.